The Morgan fingerprint density at radius 2 is 2.00 bits per heavy atom. The van der Waals surface area contributed by atoms with Crippen LogP contribution >= 0.6 is 11.3 Å². The Labute approximate surface area is 112 Å². The van der Waals surface area contributed by atoms with Crippen molar-refractivity contribution in [1.82, 2.24) is 0 Å². The lowest BCUT2D eigenvalue weighted by Crippen LogP contribution is -2.12. The first-order valence-electron chi connectivity index (χ1n) is 6.08. The molecule has 0 unspecified atom stereocenters. The molecule has 94 valence electrons. The molecule has 2 aromatic rings. The number of aryl methyl sites for hydroxylation is 3. The van der Waals surface area contributed by atoms with Gasteiger partial charge in [-0.15, -0.1) is 11.3 Å². The number of hydrogen-bond donors (Lipinski definition) is 1. The maximum atomic E-state index is 12.1. The van der Waals surface area contributed by atoms with E-state index in [9.17, 15) is 4.79 Å². The maximum absolute atomic E-state index is 12.1. The van der Waals surface area contributed by atoms with Crippen molar-refractivity contribution in [1.29, 1.82) is 0 Å². The second-order valence-electron chi connectivity index (χ2n) is 4.33. The van der Waals surface area contributed by atoms with E-state index >= 15 is 0 Å². The standard InChI is InChI=1S/C15H17NOS/c1-4-12-7-5-6-10(2)14(12)16-15(17)13-9-8-11(3)18-13/h5-9H,4H2,1-3H3,(H,16,17). The smallest absolute Gasteiger partial charge is 0.265 e. The second-order valence-corrected chi connectivity index (χ2v) is 5.61. The largest absolute Gasteiger partial charge is 0.321 e. The molecule has 0 spiro atoms. The zero-order chi connectivity index (χ0) is 13.1. The average molecular weight is 259 g/mol. The molecule has 1 heterocycles. The van der Waals surface area contributed by atoms with Crippen LogP contribution in [0.1, 0.15) is 32.6 Å². The van der Waals surface area contributed by atoms with Crippen molar-refractivity contribution in [3.8, 4) is 0 Å². The number of nitrogens with one attached hydrogen (secondary N) is 1. The summed E-state index contributed by atoms with van der Waals surface area (Å²) in [5.74, 6) is -0.0166. The van der Waals surface area contributed by atoms with Crippen LogP contribution in [0.15, 0.2) is 30.3 Å². The third-order valence-corrected chi connectivity index (χ3v) is 3.94. The fourth-order valence-corrected chi connectivity index (χ4v) is 2.70. The monoisotopic (exact) mass is 259 g/mol. The molecule has 0 fully saturated rings. The Bertz CT molecular complexity index is 572. The van der Waals surface area contributed by atoms with Crippen LogP contribution in [0.5, 0.6) is 0 Å². The lowest BCUT2D eigenvalue weighted by atomic mass is 10.1. The fraction of sp³-hybridized carbons (Fsp3) is 0.267. The van der Waals surface area contributed by atoms with E-state index in [1.54, 1.807) is 0 Å². The molecule has 1 amide bonds. The Morgan fingerprint density at radius 3 is 2.61 bits per heavy atom. The number of carbonyl (C=O) groups is 1. The molecule has 0 aliphatic rings. The molecule has 0 atom stereocenters. The van der Waals surface area contributed by atoms with Gasteiger partial charge in [0.1, 0.15) is 0 Å². The van der Waals surface area contributed by atoms with Crippen molar-refractivity contribution in [2.75, 3.05) is 5.32 Å². The molecular weight excluding hydrogens is 242 g/mol. The SMILES string of the molecule is CCc1cccc(C)c1NC(=O)c1ccc(C)s1. The number of hydrogen-bond acceptors (Lipinski definition) is 2. The highest BCUT2D eigenvalue weighted by molar-refractivity contribution is 7.14. The molecule has 0 aliphatic heterocycles. The summed E-state index contributed by atoms with van der Waals surface area (Å²) in [6.07, 6.45) is 0.917. The highest BCUT2D eigenvalue weighted by atomic mass is 32.1. The first kappa shape index (κ1) is 12.8. The molecule has 3 heteroatoms. The summed E-state index contributed by atoms with van der Waals surface area (Å²) >= 11 is 1.52. The van der Waals surface area contributed by atoms with E-state index in [0.717, 1.165) is 27.4 Å². The van der Waals surface area contributed by atoms with E-state index in [2.05, 4.69) is 18.3 Å². The minimum atomic E-state index is -0.0166. The third-order valence-electron chi connectivity index (χ3n) is 2.94. The number of anilines is 1. The minimum Gasteiger partial charge on any atom is -0.321 e. The van der Waals surface area contributed by atoms with E-state index in [0.29, 0.717) is 0 Å². The van der Waals surface area contributed by atoms with Gasteiger partial charge in [-0.2, -0.15) is 0 Å². The summed E-state index contributed by atoms with van der Waals surface area (Å²) in [7, 11) is 0. The fourth-order valence-electron chi connectivity index (χ4n) is 1.93. The van der Waals surface area contributed by atoms with Crippen LogP contribution in [-0.2, 0) is 6.42 Å². The predicted molar refractivity (Wildman–Crippen MR) is 77.6 cm³/mol. The first-order valence-corrected chi connectivity index (χ1v) is 6.89. The zero-order valence-corrected chi connectivity index (χ0v) is 11.7. The molecule has 2 rings (SSSR count). The lowest BCUT2D eigenvalue weighted by Gasteiger charge is -2.12. The topological polar surface area (TPSA) is 29.1 Å². The van der Waals surface area contributed by atoms with Crippen molar-refractivity contribution in [3.63, 3.8) is 0 Å². The number of amides is 1. The van der Waals surface area contributed by atoms with Gasteiger partial charge in [0.05, 0.1) is 4.88 Å². The van der Waals surface area contributed by atoms with Gasteiger partial charge in [-0.1, -0.05) is 25.1 Å². The summed E-state index contributed by atoms with van der Waals surface area (Å²) in [6.45, 7) is 6.13. The summed E-state index contributed by atoms with van der Waals surface area (Å²) in [5.41, 5.74) is 3.24. The van der Waals surface area contributed by atoms with Gasteiger partial charge in [0.2, 0.25) is 0 Å². The maximum Gasteiger partial charge on any atom is 0.265 e. The molecule has 18 heavy (non-hydrogen) atoms. The van der Waals surface area contributed by atoms with Gasteiger partial charge in [0.25, 0.3) is 5.91 Å². The van der Waals surface area contributed by atoms with Crippen LogP contribution in [0.25, 0.3) is 0 Å². The number of rotatable bonds is 3. The van der Waals surface area contributed by atoms with Crippen molar-refractivity contribution < 1.29 is 4.79 Å². The van der Waals surface area contributed by atoms with Crippen LogP contribution in [0, 0.1) is 13.8 Å². The van der Waals surface area contributed by atoms with E-state index in [1.165, 1.54) is 16.9 Å². The number of para-hydroxylation sites is 1. The van der Waals surface area contributed by atoms with Gasteiger partial charge in [0.15, 0.2) is 0 Å². The Kier molecular flexibility index (Phi) is 3.82. The van der Waals surface area contributed by atoms with Gasteiger partial charge in [-0.25, -0.2) is 0 Å². The molecule has 1 aromatic carbocycles. The molecule has 0 radical (unpaired) electrons. The summed E-state index contributed by atoms with van der Waals surface area (Å²) in [5, 5.41) is 3.03. The van der Waals surface area contributed by atoms with Crippen molar-refractivity contribution in [2.24, 2.45) is 0 Å². The first-order chi connectivity index (χ1) is 8.61. The molecule has 0 saturated heterocycles. The van der Waals surface area contributed by atoms with Gasteiger partial charge in [-0.05, 0) is 43.5 Å². The molecule has 2 nitrogen and oxygen atoms in total. The van der Waals surface area contributed by atoms with Crippen LogP contribution in [-0.4, -0.2) is 5.91 Å². The van der Waals surface area contributed by atoms with Gasteiger partial charge in [-0.3, -0.25) is 4.79 Å². The molecule has 1 N–H and O–H groups in total. The highest BCUT2D eigenvalue weighted by Gasteiger charge is 2.11. The van der Waals surface area contributed by atoms with E-state index in [-0.39, 0.29) is 5.91 Å². The Hall–Kier alpha value is -1.61. The average Bonchev–Trinajstić information content (AvgIpc) is 2.78. The van der Waals surface area contributed by atoms with E-state index < -0.39 is 0 Å². The quantitative estimate of drug-likeness (QED) is 0.880. The zero-order valence-electron chi connectivity index (χ0n) is 10.9. The third kappa shape index (κ3) is 2.62. The van der Waals surface area contributed by atoms with Crippen molar-refractivity contribution in [2.45, 2.75) is 27.2 Å². The van der Waals surface area contributed by atoms with E-state index in [4.69, 9.17) is 0 Å². The van der Waals surface area contributed by atoms with Crippen molar-refractivity contribution >= 4 is 22.9 Å². The van der Waals surface area contributed by atoms with Crippen LogP contribution in [0.2, 0.25) is 0 Å². The molecule has 0 aliphatic carbocycles. The van der Waals surface area contributed by atoms with Gasteiger partial charge in [0, 0.05) is 10.6 Å². The summed E-state index contributed by atoms with van der Waals surface area (Å²) in [4.78, 5) is 14.1. The molecule has 0 bridgehead atoms. The number of benzene rings is 1. The molecular formula is C15H17NOS. The van der Waals surface area contributed by atoms with Crippen molar-refractivity contribution in [3.05, 3.63) is 51.2 Å². The number of carbonyl (C=O) groups excluding carboxylic acids is 1. The van der Waals surface area contributed by atoms with Gasteiger partial charge >= 0.3 is 0 Å². The molecule has 1 aromatic heterocycles. The highest BCUT2D eigenvalue weighted by Crippen LogP contribution is 2.23. The Balaban J connectivity index is 2.26. The van der Waals surface area contributed by atoms with E-state index in [1.807, 2.05) is 38.1 Å². The normalized spacial score (nSPS) is 10.4. The number of thiophene rings is 1. The second kappa shape index (κ2) is 5.36. The van der Waals surface area contributed by atoms with Crippen LogP contribution < -0.4 is 5.32 Å². The predicted octanol–water partition coefficient (Wildman–Crippen LogP) is 4.18. The van der Waals surface area contributed by atoms with Gasteiger partial charge < -0.3 is 5.32 Å². The molecule has 0 saturated carbocycles. The van der Waals surface area contributed by atoms with Crippen LogP contribution in [0.4, 0.5) is 5.69 Å². The summed E-state index contributed by atoms with van der Waals surface area (Å²) in [6, 6.07) is 9.95. The summed E-state index contributed by atoms with van der Waals surface area (Å²) < 4.78 is 0. The lowest BCUT2D eigenvalue weighted by molar-refractivity contribution is 0.103. The Morgan fingerprint density at radius 1 is 1.22 bits per heavy atom. The minimum absolute atomic E-state index is 0.0166. The van der Waals surface area contributed by atoms with Crippen LogP contribution in [0.3, 0.4) is 0 Å².